The summed E-state index contributed by atoms with van der Waals surface area (Å²) in [5, 5.41) is 6.27. The average Bonchev–Trinajstić information content (AvgIpc) is 3.09. The molecule has 0 atom stereocenters. The third-order valence-corrected chi connectivity index (χ3v) is 4.58. The van der Waals surface area contributed by atoms with Crippen LogP contribution in [0.2, 0.25) is 0 Å². The van der Waals surface area contributed by atoms with Gasteiger partial charge in [0.05, 0.1) is 13.7 Å². The molecular formula is C19H18FN3O2S. The fourth-order valence-corrected chi connectivity index (χ4v) is 3.18. The first-order chi connectivity index (χ1) is 12.6. The van der Waals surface area contributed by atoms with Crippen LogP contribution in [-0.4, -0.2) is 24.5 Å². The van der Waals surface area contributed by atoms with E-state index in [2.05, 4.69) is 15.6 Å². The molecule has 1 amide bonds. The minimum atomic E-state index is -0.241. The second kappa shape index (κ2) is 8.44. The van der Waals surface area contributed by atoms with Crippen molar-refractivity contribution in [1.82, 2.24) is 4.98 Å². The summed E-state index contributed by atoms with van der Waals surface area (Å²) in [5.41, 5.74) is 1.43. The van der Waals surface area contributed by atoms with E-state index in [0.717, 1.165) is 16.3 Å². The molecule has 5 nitrogen and oxygen atoms in total. The van der Waals surface area contributed by atoms with Crippen molar-refractivity contribution in [2.24, 2.45) is 0 Å². The van der Waals surface area contributed by atoms with Gasteiger partial charge in [-0.1, -0.05) is 18.2 Å². The van der Waals surface area contributed by atoms with Gasteiger partial charge in [-0.2, -0.15) is 0 Å². The Hall–Kier alpha value is -2.93. The van der Waals surface area contributed by atoms with Crippen molar-refractivity contribution in [2.45, 2.75) is 6.42 Å². The fourth-order valence-electron chi connectivity index (χ4n) is 2.33. The van der Waals surface area contributed by atoms with Crippen molar-refractivity contribution in [3.8, 4) is 5.75 Å². The molecule has 7 heteroatoms. The normalized spacial score (nSPS) is 10.4. The lowest BCUT2D eigenvalue weighted by Gasteiger charge is -2.07. The van der Waals surface area contributed by atoms with Crippen molar-refractivity contribution >= 4 is 28.1 Å². The average molecular weight is 371 g/mol. The quantitative estimate of drug-likeness (QED) is 0.660. The Bertz CT molecular complexity index is 881. The molecule has 3 aromatic rings. The molecule has 0 saturated carbocycles. The van der Waals surface area contributed by atoms with Crippen LogP contribution < -0.4 is 15.4 Å². The number of benzene rings is 2. The maximum Gasteiger partial charge on any atom is 0.245 e. The van der Waals surface area contributed by atoms with E-state index < -0.39 is 0 Å². The largest absolute Gasteiger partial charge is 0.497 e. The van der Waals surface area contributed by atoms with Crippen LogP contribution in [0.25, 0.3) is 0 Å². The number of thiazole rings is 1. The van der Waals surface area contributed by atoms with Gasteiger partial charge in [-0.15, -0.1) is 11.3 Å². The monoisotopic (exact) mass is 371 g/mol. The fraction of sp³-hybridized carbons (Fsp3) is 0.158. The summed E-state index contributed by atoms with van der Waals surface area (Å²) in [6.07, 6.45) is 2.11. The lowest BCUT2D eigenvalue weighted by Crippen LogP contribution is -2.21. The number of ether oxygens (including phenoxy) is 1. The molecule has 0 aliphatic rings. The molecule has 134 valence electrons. The Morgan fingerprint density at radius 2 is 1.96 bits per heavy atom. The third kappa shape index (κ3) is 4.80. The number of amides is 1. The minimum absolute atomic E-state index is 0.120. The van der Waals surface area contributed by atoms with Gasteiger partial charge in [0.1, 0.15) is 11.6 Å². The minimum Gasteiger partial charge on any atom is -0.497 e. The number of hydrogen-bond donors (Lipinski definition) is 2. The van der Waals surface area contributed by atoms with Crippen LogP contribution >= 0.6 is 11.3 Å². The van der Waals surface area contributed by atoms with E-state index in [0.29, 0.717) is 17.1 Å². The summed E-state index contributed by atoms with van der Waals surface area (Å²) in [6.45, 7) is 0.120. The van der Waals surface area contributed by atoms with Crippen molar-refractivity contribution in [3.63, 3.8) is 0 Å². The van der Waals surface area contributed by atoms with Crippen molar-refractivity contribution in [2.75, 3.05) is 24.3 Å². The second-order valence-corrected chi connectivity index (χ2v) is 6.65. The number of hydrogen-bond acceptors (Lipinski definition) is 5. The summed E-state index contributed by atoms with van der Waals surface area (Å²) in [6, 6.07) is 13.9. The first-order valence-corrected chi connectivity index (χ1v) is 8.81. The highest BCUT2D eigenvalue weighted by atomic mass is 32.1. The van der Waals surface area contributed by atoms with E-state index in [4.69, 9.17) is 4.74 Å². The van der Waals surface area contributed by atoms with Gasteiger partial charge in [0.25, 0.3) is 0 Å². The molecule has 0 bridgehead atoms. The number of carbonyl (C=O) groups is 1. The standard InChI is InChI=1S/C19H18FN3O2S/c1-25-15-8-6-14(7-9-15)21-12-18(24)23-19-22-11-16(26-19)10-13-4-2-3-5-17(13)20/h2-9,11,21H,10,12H2,1H3,(H,22,23,24). The molecular weight excluding hydrogens is 353 g/mol. The lowest BCUT2D eigenvalue weighted by atomic mass is 10.1. The van der Waals surface area contributed by atoms with Gasteiger partial charge >= 0.3 is 0 Å². The molecule has 0 spiro atoms. The predicted octanol–water partition coefficient (Wildman–Crippen LogP) is 3.93. The molecule has 0 radical (unpaired) electrons. The number of aromatic nitrogens is 1. The van der Waals surface area contributed by atoms with E-state index in [1.54, 1.807) is 31.5 Å². The SMILES string of the molecule is COc1ccc(NCC(=O)Nc2ncc(Cc3ccccc3F)s2)cc1. The smallest absolute Gasteiger partial charge is 0.245 e. The van der Waals surface area contributed by atoms with Crippen molar-refractivity contribution < 1.29 is 13.9 Å². The van der Waals surface area contributed by atoms with E-state index in [1.807, 2.05) is 24.3 Å². The number of anilines is 2. The highest BCUT2D eigenvalue weighted by Crippen LogP contribution is 2.22. The first-order valence-electron chi connectivity index (χ1n) is 8.00. The van der Waals surface area contributed by atoms with Gasteiger partial charge in [-0.25, -0.2) is 9.37 Å². The molecule has 1 aromatic heterocycles. The zero-order chi connectivity index (χ0) is 18.4. The van der Waals surface area contributed by atoms with Crippen molar-refractivity contribution in [1.29, 1.82) is 0 Å². The van der Waals surface area contributed by atoms with Crippen LogP contribution in [0.5, 0.6) is 5.75 Å². The van der Waals surface area contributed by atoms with Crippen LogP contribution in [0, 0.1) is 5.82 Å². The molecule has 0 unspecified atom stereocenters. The number of carbonyl (C=O) groups excluding carboxylic acids is 1. The second-order valence-electron chi connectivity index (χ2n) is 5.53. The molecule has 2 aromatic carbocycles. The molecule has 1 heterocycles. The number of rotatable bonds is 7. The van der Waals surface area contributed by atoms with Gasteiger partial charge in [-0.05, 0) is 35.9 Å². The van der Waals surface area contributed by atoms with Gasteiger partial charge in [0, 0.05) is 23.2 Å². The number of methoxy groups -OCH3 is 1. The summed E-state index contributed by atoms with van der Waals surface area (Å²) < 4.78 is 18.8. The first kappa shape index (κ1) is 17.9. The van der Waals surface area contributed by atoms with E-state index in [9.17, 15) is 9.18 Å². The van der Waals surface area contributed by atoms with Crippen LogP contribution in [0.1, 0.15) is 10.4 Å². The Morgan fingerprint density at radius 3 is 2.69 bits per heavy atom. The third-order valence-electron chi connectivity index (χ3n) is 3.67. The van der Waals surface area contributed by atoms with Crippen LogP contribution in [0.4, 0.5) is 15.2 Å². The van der Waals surface area contributed by atoms with Crippen LogP contribution in [-0.2, 0) is 11.2 Å². The van der Waals surface area contributed by atoms with E-state index in [1.165, 1.54) is 17.4 Å². The Labute approximate surface area is 154 Å². The molecule has 0 aliphatic carbocycles. The molecule has 26 heavy (non-hydrogen) atoms. The van der Waals surface area contributed by atoms with Crippen LogP contribution in [0.3, 0.4) is 0 Å². The van der Waals surface area contributed by atoms with Gasteiger partial charge < -0.3 is 15.4 Å². The number of halogens is 1. The predicted molar refractivity (Wildman–Crippen MR) is 101 cm³/mol. The van der Waals surface area contributed by atoms with E-state index >= 15 is 0 Å². The molecule has 3 rings (SSSR count). The zero-order valence-corrected chi connectivity index (χ0v) is 15.0. The number of nitrogens with one attached hydrogen (secondary N) is 2. The lowest BCUT2D eigenvalue weighted by molar-refractivity contribution is -0.114. The maximum absolute atomic E-state index is 13.7. The summed E-state index contributed by atoms with van der Waals surface area (Å²) >= 11 is 1.34. The highest BCUT2D eigenvalue weighted by molar-refractivity contribution is 7.15. The van der Waals surface area contributed by atoms with Gasteiger partial charge in [-0.3, -0.25) is 4.79 Å². The maximum atomic E-state index is 13.7. The zero-order valence-electron chi connectivity index (χ0n) is 14.2. The Kier molecular flexibility index (Phi) is 5.80. The van der Waals surface area contributed by atoms with Crippen LogP contribution in [0.15, 0.2) is 54.7 Å². The molecule has 0 aliphatic heterocycles. The van der Waals surface area contributed by atoms with Gasteiger partial charge in [0.2, 0.25) is 5.91 Å². The van der Waals surface area contributed by atoms with Gasteiger partial charge in [0.15, 0.2) is 5.13 Å². The molecule has 2 N–H and O–H groups in total. The summed E-state index contributed by atoms with van der Waals surface area (Å²) in [7, 11) is 1.60. The summed E-state index contributed by atoms with van der Waals surface area (Å²) in [5.74, 6) is 0.313. The topological polar surface area (TPSA) is 63.2 Å². The Morgan fingerprint density at radius 1 is 1.19 bits per heavy atom. The van der Waals surface area contributed by atoms with E-state index in [-0.39, 0.29) is 18.3 Å². The molecule has 0 saturated heterocycles. The van der Waals surface area contributed by atoms with Crippen molar-refractivity contribution in [3.05, 3.63) is 71.0 Å². The number of nitrogens with zero attached hydrogens (tertiary/aromatic N) is 1. The highest BCUT2D eigenvalue weighted by Gasteiger charge is 2.09. The Balaban J connectivity index is 1.51. The molecule has 0 fully saturated rings. The summed E-state index contributed by atoms with van der Waals surface area (Å²) in [4.78, 5) is 17.1.